The van der Waals surface area contributed by atoms with Gasteiger partial charge in [-0.3, -0.25) is 9.59 Å². The van der Waals surface area contributed by atoms with Crippen molar-refractivity contribution in [1.82, 2.24) is 20.4 Å². The van der Waals surface area contributed by atoms with Gasteiger partial charge in [0.1, 0.15) is 11.2 Å². The summed E-state index contributed by atoms with van der Waals surface area (Å²) < 4.78 is 1.53. The monoisotopic (exact) mass is 446 g/mol. The average molecular weight is 447 g/mol. The van der Waals surface area contributed by atoms with E-state index in [1.165, 1.54) is 10.7 Å². The summed E-state index contributed by atoms with van der Waals surface area (Å²) in [6.07, 6.45) is 4.54. The topological polar surface area (TPSA) is 131 Å². The molecule has 0 atom stereocenters. The van der Waals surface area contributed by atoms with E-state index in [0.717, 1.165) is 24.1 Å². The highest BCUT2D eigenvalue weighted by atomic mass is 16.2. The van der Waals surface area contributed by atoms with E-state index in [-0.39, 0.29) is 17.6 Å². The molecule has 0 radical (unpaired) electrons. The molecule has 2 aromatic carbocycles. The molecule has 1 saturated carbocycles. The second kappa shape index (κ2) is 9.56. The van der Waals surface area contributed by atoms with E-state index < -0.39 is 11.4 Å². The lowest BCUT2D eigenvalue weighted by Crippen LogP contribution is -2.57. The van der Waals surface area contributed by atoms with Gasteiger partial charge >= 0.3 is 6.03 Å². The van der Waals surface area contributed by atoms with Crippen molar-refractivity contribution in [2.45, 2.75) is 37.8 Å². The maximum Gasteiger partial charge on any atom is 0.315 e. The molecular weight excluding hydrogens is 420 g/mol. The van der Waals surface area contributed by atoms with Crippen LogP contribution in [0.3, 0.4) is 0 Å². The smallest absolute Gasteiger partial charge is 0.315 e. The predicted octanol–water partition coefficient (Wildman–Crippen LogP) is 2.72. The maximum absolute atomic E-state index is 13.2. The first-order valence-corrected chi connectivity index (χ1v) is 10.8. The summed E-state index contributed by atoms with van der Waals surface area (Å²) in [6, 6.07) is 17.8. The first-order chi connectivity index (χ1) is 15.9. The number of carbonyl (C=O) groups excluding carboxylic acids is 3. The Labute approximate surface area is 191 Å². The van der Waals surface area contributed by atoms with Gasteiger partial charge in [-0.05, 0) is 48.7 Å². The van der Waals surface area contributed by atoms with Gasteiger partial charge in [0.05, 0.1) is 5.69 Å². The second-order valence-corrected chi connectivity index (χ2v) is 8.09. The minimum atomic E-state index is -0.947. The third-order valence-corrected chi connectivity index (χ3v) is 5.77. The van der Waals surface area contributed by atoms with Crippen LogP contribution in [-0.4, -0.2) is 33.2 Å². The lowest BCUT2D eigenvalue weighted by atomic mass is 9.96. The Morgan fingerprint density at radius 1 is 0.970 bits per heavy atom. The molecule has 1 aliphatic rings. The molecule has 5 N–H and O–H groups in total. The molecule has 1 aromatic heterocycles. The van der Waals surface area contributed by atoms with Gasteiger partial charge in [0.15, 0.2) is 0 Å². The fourth-order valence-electron chi connectivity index (χ4n) is 3.97. The zero-order valence-corrected chi connectivity index (χ0v) is 18.1. The molecule has 4 amide bonds. The van der Waals surface area contributed by atoms with E-state index in [0.29, 0.717) is 25.1 Å². The predicted molar refractivity (Wildman–Crippen MR) is 124 cm³/mol. The highest BCUT2D eigenvalue weighted by Gasteiger charge is 2.42. The van der Waals surface area contributed by atoms with Crippen molar-refractivity contribution < 1.29 is 14.4 Å². The number of amides is 4. The summed E-state index contributed by atoms with van der Waals surface area (Å²) in [7, 11) is 0. The van der Waals surface area contributed by atoms with Crippen LogP contribution in [0.15, 0.2) is 66.9 Å². The minimum absolute atomic E-state index is 0.173. The molecule has 4 rings (SSSR count). The van der Waals surface area contributed by atoms with Gasteiger partial charge in [-0.25, -0.2) is 9.48 Å². The van der Waals surface area contributed by atoms with Crippen molar-refractivity contribution in [3.05, 3.63) is 78.1 Å². The first kappa shape index (κ1) is 22.1. The number of rotatable bonds is 7. The molecule has 1 fully saturated rings. The van der Waals surface area contributed by atoms with E-state index in [9.17, 15) is 14.4 Å². The van der Waals surface area contributed by atoms with Crippen LogP contribution in [0.2, 0.25) is 0 Å². The van der Waals surface area contributed by atoms with E-state index in [4.69, 9.17) is 5.73 Å². The molecule has 9 nitrogen and oxygen atoms in total. The van der Waals surface area contributed by atoms with Crippen molar-refractivity contribution in [2.24, 2.45) is 5.73 Å². The average Bonchev–Trinajstić information content (AvgIpc) is 3.50. The second-order valence-electron chi connectivity index (χ2n) is 8.09. The fourth-order valence-corrected chi connectivity index (χ4v) is 3.97. The minimum Gasteiger partial charge on any atom is -0.364 e. The summed E-state index contributed by atoms with van der Waals surface area (Å²) in [5, 5.41) is 12.8. The van der Waals surface area contributed by atoms with Gasteiger partial charge in [-0.2, -0.15) is 5.10 Å². The number of hydrogen-bond acceptors (Lipinski definition) is 4. The van der Waals surface area contributed by atoms with Crippen molar-refractivity contribution >= 4 is 23.5 Å². The van der Waals surface area contributed by atoms with Crippen LogP contribution in [0.5, 0.6) is 0 Å². The molecule has 1 heterocycles. The molecule has 3 aromatic rings. The number of hydrogen-bond donors (Lipinski definition) is 4. The summed E-state index contributed by atoms with van der Waals surface area (Å²) in [5.41, 5.74) is 6.77. The van der Waals surface area contributed by atoms with Crippen LogP contribution in [0.1, 0.15) is 41.7 Å². The Kier molecular flexibility index (Phi) is 6.39. The third kappa shape index (κ3) is 5.20. The number of nitrogens with two attached hydrogens (primary N) is 1. The van der Waals surface area contributed by atoms with Gasteiger partial charge in [-0.15, -0.1) is 0 Å². The Balaban J connectivity index is 1.39. The Bertz CT molecular complexity index is 1130. The number of primary amides is 1. The standard InChI is InChI=1S/C24H26N6O3/c25-21(31)20-12-15-30(29-20)19-10-8-18(9-11-19)27-22(32)24(13-4-5-14-24)28-23(33)26-16-17-6-2-1-3-7-17/h1-3,6-12,15H,4-5,13-14,16H2,(H2,25,31)(H,27,32)(H2,26,28,33). The molecule has 0 saturated heterocycles. The van der Waals surface area contributed by atoms with Crippen LogP contribution in [-0.2, 0) is 11.3 Å². The largest absolute Gasteiger partial charge is 0.364 e. The van der Waals surface area contributed by atoms with Gasteiger partial charge in [0.25, 0.3) is 5.91 Å². The highest BCUT2D eigenvalue weighted by molar-refractivity contribution is 6.00. The zero-order chi connectivity index (χ0) is 23.3. The van der Waals surface area contributed by atoms with Gasteiger partial charge < -0.3 is 21.7 Å². The molecule has 9 heteroatoms. The quantitative estimate of drug-likeness (QED) is 0.444. The molecule has 0 spiro atoms. The Hall–Kier alpha value is -4.14. The lowest BCUT2D eigenvalue weighted by Gasteiger charge is -2.29. The summed E-state index contributed by atoms with van der Waals surface area (Å²) >= 11 is 0. The number of benzene rings is 2. The summed E-state index contributed by atoms with van der Waals surface area (Å²) in [6.45, 7) is 0.386. The van der Waals surface area contributed by atoms with Gasteiger partial charge in [0, 0.05) is 18.4 Å². The third-order valence-electron chi connectivity index (χ3n) is 5.77. The van der Waals surface area contributed by atoms with Gasteiger partial charge in [0.2, 0.25) is 5.91 Å². The highest BCUT2D eigenvalue weighted by Crippen LogP contribution is 2.31. The molecule has 0 bridgehead atoms. The Morgan fingerprint density at radius 2 is 1.67 bits per heavy atom. The van der Waals surface area contributed by atoms with Crippen LogP contribution >= 0.6 is 0 Å². The summed E-state index contributed by atoms with van der Waals surface area (Å²) in [4.78, 5) is 36.9. The van der Waals surface area contributed by atoms with E-state index in [1.807, 2.05) is 30.3 Å². The molecule has 0 unspecified atom stereocenters. The SMILES string of the molecule is NC(=O)c1ccn(-c2ccc(NC(=O)C3(NC(=O)NCc4ccccc4)CCCC3)cc2)n1. The van der Waals surface area contributed by atoms with Crippen LogP contribution in [0, 0.1) is 0 Å². The van der Waals surface area contributed by atoms with Crippen molar-refractivity contribution in [3.63, 3.8) is 0 Å². The van der Waals surface area contributed by atoms with Crippen LogP contribution in [0.25, 0.3) is 5.69 Å². The summed E-state index contributed by atoms with van der Waals surface area (Å²) in [5.74, 6) is -0.836. The van der Waals surface area contributed by atoms with Crippen molar-refractivity contribution in [2.75, 3.05) is 5.32 Å². The van der Waals surface area contributed by atoms with E-state index in [1.54, 1.807) is 30.5 Å². The van der Waals surface area contributed by atoms with Crippen LogP contribution < -0.4 is 21.7 Å². The van der Waals surface area contributed by atoms with Crippen molar-refractivity contribution in [1.29, 1.82) is 0 Å². The van der Waals surface area contributed by atoms with Gasteiger partial charge in [-0.1, -0.05) is 43.2 Å². The molecular formula is C24H26N6O3. The normalized spacial score (nSPS) is 14.4. The fraction of sp³-hybridized carbons (Fsp3) is 0.250. The van der Waals surface area contributed by atoms with E-state index in [2.05, 4.69) is 21.0 Å². The number of nitrogens with one attached hydrogen (secondary N) is 3. The van der Waals surface area contributed by atoms with E-state index >= 15 is 0 Å². The molecule has 170 valence electrons. The maximum atomic E-state index is 13.2. The first-order valence-electron chi connectivity index (χ1n) is 10.8. The van der Waals surface area contributed by atoms with Crippen molar-refractivity contribution in [3.8, 4) is 5.69 Å². The lowest BCUT2D eigenvalue weighted by molar-refractivity contribution is -0.121. The van der Waals surface area contributed by atoms with Crippen LogP contribution in [0.4, 0.5) is 10.5 Å². The number of carbonyl (C=O) groups is 3. The number of aromatic nitrogens is 2. The molecule has 33 heavy (non-hydrogen) atoms. The Morgan fingerprint density at radius 3 is 2.30 bits per heavy atom. The number of urea groups is 1. The number of nitrogens with zero attached hydrogens (tertiary/aromatic N) is 2. The number of anilines is 1. The molecule has 0 aliphatic heterocycles. The molecule has 1 aliphatic carbocycles. The zero-order valence-electron chi connectivity index (χ0n) is 18.1.